The minimum atomic E-state index is 0.275. The Balaban J connectivity index is 1.42. The van der Waals surface area contributed by atoms with E-state index in [-0.39, 0.29) is 6.61 Å². The molecule has 1 saturated carbocycles. The standard InChI is InChI=1S/C26H26ClN3O2/c27-25-24-14-28-26(20-11-9-18(16-31)10-12-20)30(24)15-23(29-25)21-7-4-8-22(13-21)32-17-19-5-2-1-3-6-19/h1-8,13-15,18,20,31H,9-12,16-17H2. The van der Waals surface area contributed by atoms with Gasteiger partial charge in [-0.15, -0.1) is 0 Å². The number of aromatic nitrogens is 3. The summed E-state index contributed by atoms with van der Waals surface area (Å²) >= 11 is 6.55. The van der Waals surface area contributed by atoms with Crippen LogP contribution in [0.3, 0.4) is 0 Å². The molecule has 32 heavy (non-hydrogen) atoms. The lowest BCUT2D eigenvalue weighted by molar-refractivity contribution is 0.181. The maximum atomic E-state index is 9.45. The average Bonchev–Trinajstić information content (AvgIpc) is 3.28. The second-order valence-corrected chi connectivity index (χ2v) is 8.85. The topological polar surface area (TPSA) is 59.7 Å². The van der Waals surface area contributed by atoms with Crippen molar-refractivity contribution in [2.24, 2.45) is 5.92 Å². The van der Waals surface area contributed by atoms with Gasteiger partial charge < -0.3 is 9.84 Å². The molecule has 5 nitrogen and oxygen atoms in total. The van der Waals surface area contributed by atoms with Crippen molar-refractivity contribution in [3.8, 4) is 17.0 Å². The van der Waals surface area contributed by atoms with Crippen molar-refractivity contribution < 1.29 is 9.84 Å². The number of rotatable bonds is 6. The Morgan fingerprint density at radius 1 is 1.03 bits per heavy atom. The van der Waals surface area contributed by atoms with Crippen LogP contribution in [-0.4, -0.2) is 26.1 Å². The first-order valence-corrected chi connectivity index (χ1v) is 11.5. The summed E-state index contributed by atoms with van der Waals surface area (Å²) in [6, 6.07) is 18.1. The Hall–Kier alpha value is -2.89. The second-order valence-electron chi connectivity index (χ2n) is 8.49. The Morgan fingerprint density at radius 2 is 1.84 bits per heavy atom. The highest BCUT2D eigenvalue weighted by atomic mass is 35.5. The lowest BCUT2D eigenvalue weighted by Crippen LogP contribution is -2.17. The van der Waals surface area contributed by atoms with E-state index in [1.807, 2.05) is 67.0 Å². The SMILES string of the molecule is OCC1CCC(c2ncc3c(Cl)nc(-c4cccc(OCc5ccccc5)c4)cn23)CC1. The number of aliphatic hydroxyl groups is 1. The van der Waals surface area contributed by atoms with Gasteiger partial charge in [0.2, 0.25) is 0 Å². The van der Waals surface area contributed by atoms with Crippen molar-refractivity contribution in [2.75, 3.05) is 6.61 Å². The number of aliphatic hydroxyl groups excluding tert-OH is 1. The normalized spacial score (nSPS) is 18.7. The lowest BCUT2D eigenvalue weighted by Gasteiger charge is -2.26. The zero-order valence-electron chi connectivity index (χ0n) is 17.8. The van der Waals surface area contributed by atoms with Crippen LogP contribution < -0.4 is 4.74 Å². The molecule has 4 aromatic rings. The highest BCUT2D eigenvalue weighted by Gasteiger charge is 2.25. The van der Waals surface area contributed by atoms with Crippen LogP contribution in [0, 0.1) is 5.92 Å². The van der Waals surface area contributed by atoms with Crippen LogP contribution in [0.2, 0.25) is 5.15 Å². The van der Waals surface area contributed by atoms with Gasteiger partial charge in [-0.2, -0.15) is 0 Å². The third-order valence-corrected chi connectivity index (χ3v) is 6.63. The molecule has 0 unspecified atom stereocenters. The molecule has 0 saturated heterocycles. The van der Waals surface area contributed by atoms with Crippen LogP contribution in [0.5, 0.6) is 5.75 Å². The minimum absolute atomic E-state index is 0.275. The Labute approximate surface area is 192 Å². The van der Waals surface area contributed by atoms with Gasteiger partial charge in [-0.1, -0.05) is 54.1 Å². The summed E-state index contributed by atoms with van der Waals surface area (Å²) in [5.74, 6) is 2.60. The third-order valence-electron chi connectivity index (χ3n) is 6.36. The molecule has 0 amide bonds. The van der Waals surface area contributed by atoms with Crippen molar-refractivity contribution in [3.63, 3.8) is 0 Å². The molecule has 2 heterocycles. The van der Waals surface area contributed by atoms with Crippen molar-refractivity contribution >= 4 is 17.1 Å². The summed E-state index contributed by atoms with van der Waals surface area (Å²) in [5.41, 5.74) is 3.68. The molecule has 5 rings (SSSR count). The van der Waals surface area contributed by atoms with E-state index in [1.165, 1.54) is 0 Å². The molecule has 1 aliphatic rings. The fourth-order valence-corrected chi connectivity index (χ4v) is 4.74. The molecule has 1 aliphatic carbocycles. The molecule has 0 atom stereocenters. The molecular weight excluding hydrogens is 422 g/mol. The number of nitrogens with zero attached hydrogens (tertiary/aromatic N) is 3. The third kappa shape index (κ3) is 4.36. The number of hydrogen-bond acceptors (Lipinski definition) is 4. The van der Waals surface area contributed by atoms with E-state index >= 15 is 0 Å². The lowest BCUT2D eigenvalue weighted by atomic mass is 9.82. The van der Waals surface area contributed by atoms with Gasteiger partial charge in [0.15, 0.2) is 5.15 Å². The minimum Gasteiger partial charge on any atom is -0.489 e. The first kappa shape index (κ1) is 21.0. The Morgan fingerprint density at radius 3 is 2.62 bits per heavy atom. The van der Waals surface area contributed by atoms with Crippen LogP contribution in [0.1, 0.15) is 43.0 Å². The van der Waals surface area contributed by atoms with Gasteiger partial charge in [0, 0.05) is 24.3 Å². The number of fused-ring (bicyclic) bond motifs is 1. The summed E-state index contributed by atoms with van der Waals surface area (Å²) in [4.78, 5) is 9.33. The van der Waals surface area contributed by atoms with Crippen molar-refractivity contribution in [3.05, 3.63) is 83.5 Å². The van der Waals surface area contributed by atoms with Crippen LogP contribution in [0.4, 0.5) is 0 Å². The summed E-state index contributed by atoms with van der Waals surface area (Å²) in [6.45, 7) is 0.789. The zero-order chi connectivity index (χ0) is 21.9. The van der Waals surface area contributed by atoms with Gasteiger partial charge in [-0.3, -0.25) is 4.40 Å². The predicted octanol–water partition coefficient (Wildman–Crippen LogP) is 5.89. The highest BCUT2D eigenvalue weighted by Crippen LogP contribution is 2.36. The summed E-state index contributed by atoms with van der Waals surface area (Å²) in [6.07, 6.45) is 7.96. The summed E-state index contributed by atoms with van der Waals surface area (Å²) in [5, 5.41) is 9.89. The fourth-order valence-electron chi connectivity index (χ4n) is 4.51. The van der Waals surface area contributed by atoms with Crippen LogP contribution in [-0.2, 0) is 6.61 Å². The van der Waals surface area contributed by atoms with E-state index in [0.29, 0.717) is 23.6 Å². The molecule has 0 spiro atoms. The summed E-state index contributed by atoms with van der Waals surface area (Å²) in [7, 11) is 0. The molecule has 2 aromatic heterocycles. The Kier molecular flexibility index (Phi) is 6.10. The van der Waals surface area contributed by atoms with Crippen LogP contribution in [0.25, 0.3) is 16.8 Å². The molecule has 6 heteroatoms. The average molecular weight is 448 g/mol. The quantitative estimate of drug-likeness (QED) is 0.400. The van der Waals surface area contributed by atoms with E-state index in [2.05, 4.69) is 9.38 Å². The van der Waals surface area contributed by atoms with E-state index in [9.17, 15) is 5.11 Å². The van der Waals surface area contributed by atoms with Gasteiger partial charge in [0.25, 0.3) is 0 Å². The van der Waals surface area contributed by atoms with Crippen molar-refractivity contribution in [1.29, 1.82) is 0 Å². The van der Waals surface area contributed by atoms with Gasteiger partial charge in [-0.05, 0) is 49.3 Å². The van der Waals surface area contributed by atoms with Gasteiger partial charge in [0.1, 0.15) is 23.7 Å². The molecular formula is C26H26ClN3O2. The Bertz CT molecular complexity index is 1200. The maximum Gasteiger partial charge on any atom is 0.155 e. The molecule has 0 radical (unpaired) electrons. The molecule has 164 valence electrons. The number of benzene rings is 2. The van der Waals surface area contributed by atoms with Gasteiger partial charge in [0.05, 0.1) is 11.9 Å². The van der Waals surface area contributed by atoms with E-state index in [0.717, 1.165) is 59.6 Å². The summed E-state index contributed by atoms with van der Waals surface area (Å²) < 4.78 is 8.09. The molecule has 1 N–H and O–H groups in total. The second kappa shape index (κ2) is 9.31. The van der Waals surface area contributed by atoms with Crippen molar-refractivity contribution in [2.45, 2.75) is 38.2 Å². The number of hydrogen-bond donors (Lipinski definition) is 1. The monoisotopic (exact) mass is 447 g/mol. The maximum absolute atomic E-state index is 9.45. The highest BCUT2D eigenvalue weighted by molar-refractivity contribution is 6.32. The molecule has 0 bridgehead atoms. The van der Waals surface area contributed by atoms with E-state index in [4.69, 9.17) is 21.3 Å². The zero-order valence-corrected chi connectivity index (χ0v) is 18.6. The molecule has 0 aliphatic heterocycles. The first-order chi connectivity index (χ1) is 15.7. The molecule has 1 fully saturated rings. The van der Waals surface area contributed by atoms with Gasteiger partial charge in [-0.25, -0.2) is 9.97 Å². The van der Waals surface area contributed by atoms with Gasteiger partial charge >= 0.3 is 0 Å². The van der Waals surface area contributed by atoms with E-state index < -0.39 is 0 Å². The largest absolute Gasteiger partial charge is 0.489 e. The van der Waals surface area contributed by atoms with E-state index in [1.54, 1.807) is 0 Å². The van der Waals surface area contributed by atoms with Crippen LogP contribution in [0.15, 0.2) is 67.0 Å². The predicted molar refractivity (Wildman–Crippen MR) is 126 cm³/mol. The number of halogens is 1. The smallest absolute Gasteiger partial charge is 0.155 e. The number of imidazole rings is 1. The van der Waals surface area contributed by atoms with Crippen molar-refractivity contribution in [1.82, 2.24) is 14.4 Å². The first-order valence-electron chi connectivity index (χ1n) is 11.1. The molecule has 2 aromatic carbocycles. The fraction of sp³-hybridized carbons (Fsp3) is 0.308. The van der Waals surface area contributed by atoms with Crippen LogP contribution >= 0.6 is 11.6 Å². The number of ether oxygens (including phenoxy) is 1.